The number of anilines is 1. The van der Waals surface area contributed by atoms with Crippen LogP contribution in [0.15, 0.2) is 59.8 Å². The van der Waals surface area contributed by atoms with Gasteiger partial charge in [0.1, 0.15) is 29.7 Å². The molecule has 0 saturated carbocycles. The van der Waals surface area contributed by atoms with Gasteiger partial charge in [-0.25, -0.2) is 0 Å². The molecule has 3 N–H and O–H groups in total. The number of hydrogen-bond donors (Lipinski definition) is 2. The first-order valence-corrected chi connectivity index (χ1v) is 6.97. The molecule has 0 aromatic heterocycles. The summed E-state index contributed by atoms with van der Waals surface area (Å²) in [7, 11) is 0. The van der Waals surface area contributed by atoms with E-state index in [2.05, 4.69) is 5.32 Å². The lowest BCUT2D eigenvalue weighted by atomic mass is 10.2. The van der Waals surface area contributed by atoms with Crippen molar-refractivity contribution in [2.24, 2.45) is 5.73 Å². The monoisotopic (exact) mass is 329 g/mol. The highest BCUT2D eigenvalue weighted by Crippen LogP contribution is 2.30. The first-order valence-electron chi connectivity index (χ1n) is 6.97. The number of para-hydroxylation sites is 2. The average molecular weight is 329 g/mol. The maximum absolute atomic E-state index is 11.1. The number of primary amides is 1. The van der Waals surface area contributed by atoms with Gasteiger partial charge in [0.05, 0.1) is 5.69 Å². The largest absolute Gasteiger partial charge is 0.455 e. The summed E-state index contributed by atoms with van der Waals surface area (Å²) in [5.41, 5.74) is 5.43. The molecule has 0 radical (unpaired) electrons. The molecule has 0 fully saturated rings. The molecule has 0 aliphatic rings. The van der Waals surface area contributed by atoms with Crippen LogP contribution < -0.4 is 15.8 Å². The lowest BCUT2D eigenvalue weighted by molar-refractivity contribution is 0.100. The van der Waals surface area contributed by atoms with Gasteiger partial charge in [-0.1, -0.05) is 12.1 Å². The summed E-state index contributed by atoms with van der Waals surface area (Å²) in [6.45, 7) is 0. The summed E-state index contributed by atoms with van der Waals surface area (Å²) >= 11 is 0. The summed E-state index contributed by atoms with van der Waals surface area (Å²) in [5.74, 6) is 0.276. The number of nitrogens with zero attached hydrogens (tertiary/aromatic N) is 3. The minimum Gasteiger partial charge on any atom is -0.455 e. The fourth-order valence-electron chi connectivity index (χ4n) is 1.89. The molecule has 2 aromatic carbocycles. The lowest BCUT2D eigenvalue weighted by Gasteiger charge is -2.12. The van der Waals surface area contributed by atoms with Crippen LogP contribution in [0.25, 0.3) is 0 Å². The molecule has 0 aliphatic heterocycles. The normalized spacial score (nSPS) is 9.00. The highest BCUT2D eigenvalue weighted by molar-refractivity contribution is 5.92. The van der Waals surface area contributed by atoms with Crippen LogP contribution in [0.1, 0.15) is 10.4 Å². The van der Waals surface area contributed by atoms with Crippen LogP contribution in [0.5, 0.6) is 11.5 Å². The van der Waals surface area contributed by atoms with Gasteiger partial charge in [0.2, 0.25) is 5.91 Å². The van der Waals surface area contributed by atoms with Crippen molar-refractivity contribution < 1.29 is 9.53 Å². The Hall–Kier alpha value is -4.28. The first-order chi connectivity index (χ1) is 12.1. The van der Waals surface area contributed by atoms with Gasteiger partial charge < -0.3 is 15.8 Å². The predicted molar refractivity (Wildman–Crippen MR) is 89.0 cm³/mol. The third kappa shape index (κ3) is 4.13. The quantitative estimate of drug-likeness (QED) is 0.809. The Kier molecular flexibility index (Phi) is 5.35. The van der Waals surface area contributed by atoms with Gasteiger partial charge >= 0.3 is 0 Å². The highest BCUT2D eigenvalue weighted by atomic mass is 16.5. The van der Waals surface area contributed by atoms with Crippen LogP contribution in [0.4, 0.5) is 5.69 Å². The second kappa shape index (κ2) is 7.82. The summed E-state index contributed by atoms with van der Waals surface area (Å²) in [6.07, 6.45) is 0. The van der Waals surface area contributed by atoms with Crippen LogP contribution >= 0.6 is 0 Å². The molecule has 0 atom stereocenters. The SMILES string of the molecule is N#CC(C#N)=C(C#N)Nc1ccccc1Oc1ccc(C(N)=O)cc1. The molecular formula is C18H11N5O2. The number of amides is 1. The lowest BCUT2D eigenvalue weighted by Crippen LogP contribution is -2.10. The number of nitriles is 3. The number of benzene rings is 2. The minimum atomic E-state index is -0.544. The Balaban J connectivity index is 2.31. The van der Waals surface area contributed by atoms with Crippen molar-refractivity contribution in [3.63, 3.8) is 0 Å². The molecule has 7 heteroatoms. The summed E-state index contributed by atoms with van der Waals surface area (Å²) < 4.78 is 5.72. The number of rotatable bonds is 5. The Bertz CT molecular complexity index is 941. The van der Waals surface area contributed by atoms with E-state index in [0.29, 0.717) is 22.7 Å². The van der Waals surface area contributed by atoms with Crippen molar-refractivity contribution in [2.45, 2.75) is 0 Å². The molecule has 25 heavy (non-hydrogen) atoms. The van der Waals surface area contributed by atoms with Crippen LogP contribution in [-0.2, 0) is 0 Å². The number of allylic oxidation sites excluding steroid dienone is 2. The second-order valence-electron chi connectivity index (χ2n) is 4.70. The number of carbonyl (C=O) groups is 1. The van der Waals surface area contributed by atoms with Crippen molar-refractivity contribution >= 4 is 11.6 Å². The molecule has 0 spiro atoms. The maximum Gasteiger partial charge on any atom is 0.248 e. The molecule has 2 aromatic rings. The van der Waals surface area contributed by atoms with Gasteiger partial charge in [0.25, 0.3) is 0 Å². The van der Waals surface area contributed by atoms with Crippen LogP contribution in [-0.4, -0.2) is 5.91 Å². The standard InChI is InChI=1S/C18H11N5O2/c19-9-13(10-20)16(11-21)23-15-3-1-2-4-17(15)25-14-7-5-12(6-8-14)18(22)24/h1-8,23H,(H2,22,24). The summed E-state index contributed by atoms with van der Waals surface area (Å²) in [5, 5.41) is 29.6. The zero-order chi connectivity index (χ0) is 18.2. The van der Waals surface area contributed by atoms with Gasteiger partial charge in [-0.05, 0) is 36.4 Å². The van der Waals surface area contributed by atoms with E-state index < -0.39 is 5.91 Å². The summed E-state index contributed by atoms with van der Waals surface area (Å²) in [6, 6.07) is 18.0. The minimum absolute atomic E-state index is 0.176. The highest BCUT2D eigenvalue weighted by Gasteiger charge is 2.10. The maximum atomic E-state index is 11.1. The third-order valence-corrected chi connectivity index (χ3v) is 3.10. The van der Waals surface area contributed by atoms with Gasteiger partial charge in [0.15, 0.2) is 11.3 Å². The topological polar surface area (TPSA) is 136 Å². The van der Waals surface area contributed by atoms with E-state index >= 15 is 0 Å². The van der Waals surface area contributed by atoms with E-state index in [4.69, 9.17) is 26.3 Å². The molecule has 0 heterocycles. The van der Waals surface area contributed by atoms with Gasteiger partial charge in [-0.15, -0.1) is 0 Å². The number of carbonyl (C=O) groups excluding carboxylic acids is 1. The third-order valence-electron chi connectivity index (χ3n) is 3.10. The van der Waals surface area contributed by atoms with Crippen LogP contribution in [0.2, 0.25) is 0 Å². The number of nitrogens with two attached hydrogens (primary N) is 1. The van der Waals surface area contributed by atoms with E-state index in [9.17, 15) is 4.79 Å². The van der Waals surface area contributed by atoms with E-state index in [1.54, 1.807) is 54.6 Å². The van der Waals surface area contributed by atoms with E-state index in [1.165, 1.54) is 12.1 Å². The number of ether oxygens (including phenoxy) is 1. The van der Waals surface area contributed by atoms with Crippen molar-refractivity contribution in [3.05, 3.63) is 65.4 Å². The van der Waals surface area contributed by atoms with E-state index in [-0.39, 0.29) is 11.3 Å². The molecule has 7 nitrogen and oxygen atoms in total. The van der Waals surface area contributed by atoms with Crippen molar-refractivity contribution in [1.29, 1.82) is 15.8 Å². The zero-order valence-electron chi connectivity index (χ0n) is 12.9. The molecule has 0 unspecified atom stereocenters. The second-order valence-corrected chi connectivity index (χ2v) is 4.70. The van der Waals surface area contributed by atoms with Gasteiger partial charge in [-0.2, -0.15) is 15.8 Å². The Labute approximate surface area is 143 Å². The predicted octanol–water partition coefficient (Wildman–Crippen LogP) is 2.81. The fourth-order valence-corrected chi connectivity index (χ4v) is 1.89. The van der Waals surface area contributed by atoms with Crippen molar-refractivity contribution in [2.75, 3.05) is 5.32 Å². The molecule has 0 bridgehead atoms. The van der Waals surface area contributed by atoms with Gasteiger partial charge in [-0.3, -0.25) is 4.79 Å². The Morgan fingerprint density at radius 2 is 1.60 bits per heavy atom. The molecule has 2 rings (SSSR count). The first kappa shape index (κ1) is 17.1. The Morgan fingerprint density at radius 1 is 0.960 bits per heavy atom. The average Bonchev–Trinajstić information content (AvgIpc) is 2.63. The molecule has 120 valence electrons. The Morgan fingerprint density at radius 3 is 2.16 bits per heavy atom. The smallest absolute Gasteiger partial charge is 0.248 e. The molecule has 1 amide bonds. The van der Waals surface area contributed by atoms with Crippen molar-refractivity contribution in [1.82, 2.24) is 0 Å². The fraction of sp³-hybridized carbons (Fsp3) is 0. The summed E-state index contributed by atoms with van der Waals surface area (Å²) in [4.78, 5) is 11.1. The molecule has 0 aliphatic carbocycles. The molecular weight excluding hydrogens is 318 g/mol. The van der Waals surface area contributed by atoms with Gasteiger partial charge in [0, 0.05) is 5.56 Å². The van der Waals surface area contributed by atoms with E-state index in [1.807, 2.05) is 0 Å². The van der Waals surface area contributed by atoms with Crippen molar-refractivity contribution in [3.8, 4) is 29.7 Å². The van der Waals surface area contributed by atoms with E-state index in [0.717, 1.165) is 0 Å². The van der Waals surface area contributed by atoms with Crippen LogP contribution in [0, 0.1) is 34.0 Å². The zero-order valence-corrected chi connectivity index (χ0v) is 12.9. The number of nitrogens with one attached hydrogen (secondary N) is 1. The number of hydrogen-bond acceptors (Lipinski definition) is 6. The van der Waals surface area contributed by atoms with Crippen LogP contribution in [0.3, 0.4) is 0 Å². The molecule has 0 saturated heterocycles.